The van der Waals surface area contributed by atoms with E-state index >= 15 is 0 Å². The number of nitrogens with zero attached hydrogens (tertiary/aromatic N) is 4. The summed E-state index contributed by atoms with van der Waals surface area (Å²) in [6, 6.07) is 6.46. The molecule has 1 unspecified atom stereocenters. The van der Waals surface area contributed by atoms with Gasteiger partial charge in [0, 0.05) is 25.2 Å². The third-order valence-electron chi connectivity index (χ3n) is 5.63. The number of fused-ring (bicyclic) bond motifs is 4. The van der Waals surface area contributed by atoms with Crippen molar-refractivity contribution in [3.63, 3.8) is 0 Å². The van der Waals surface area contributed by atoms with E-state index < -0.39 is 24.0 Å². The molecule has 6 rings (SSSR count). The van der Waals surface area contributed by atoms with Crippen molar-refractivity contribution in [2.75, 3.05) is 23.3 Å². The second-order valence-electron chi connectivity index (χ2n) is 7.49. The Morgan fingerprint density at radius 2 is 1.97 bits per heavy atom. The van der Waals surface area contributed by atoms with Gasteiger partial charge in [0.2, 0.25) is 5.82 Å². The molecule has 0 spiro atoms. The fourth-order valence-corrected chi connectivity index (χ4v) is 4.11. The number of anilines is 3. The molecule has 31 heavy (non-hydrogen) atoms. The molecule has 2 atom stereocenters. The highest BCUT2D eigenvalue weighted by Gasteiger charge is 2.34. The number of piperidine rings is 2. The second-order valence-corrected chi connectivity index (χ2v) is 7.49. The maximum absolute atomic E-state index is 14.4. The van der Waals surface area contributed by atoms with Crippen LogP contribution in [-0.4, -0.2) is 46.7 Å². The number of hydrogen-bond acceptors (Lipinski definition) is 7. The molecule has 3 aromatic rings. The molecular weight excluding hydrogens is 416 g/mol. The van der Waals surface area contributed by atoms with Gasteiger partial charge in [0.05, 0.1) is 11.2 Å². The van der Waals surface area contributed by atoms with Crippen LogP contribution >= 0.6 is 0 Å². The molecule has 0 radical (unpaired) electrons. The minimum absolute atomic E-state index is 0.174. The first kappa shape index (κ1) is 19.7. The number of piperazine rings is 1. The molecule has 0 aliphatic carbocycles. The summed E-state index contributed by atoms with van der Waals surface area (Å²) in [5.41, 5.74) is 0.634. The highest BCUT2D eigenvalue weighted by Crippen LogP contribution is 2.32. The SMILES string of the molecule is Fc1c(Nc2ncnc3ccc(N4C[C@@H]5CCC4CN5)nc23)ccc(OC(F)F)c1F. The van der Waals surface area contributed by atoms with Crippen molar-refractivity contribution in [2.24, 2.45) is 0 Å². The predicted molar refractivity (Wildman–Crippen MR) is 106 cm³/mol. The van der Waals surface area contributed by atoms with Gasteiger partial charge in [0.25, 0.3) is 0 Å². The lowest BCUT2D eigenvalue weighted by molar-refractivity contribution is -0.0525. The molecule has 3 saturated heterocycles. The van der Waals surface area contributed by atoms with Gasteiger partial charge in [-0.05, 0) is 37.1 Å². The van der Waals surface area contributed by atoms with Gasteiger partial charge in [-0.15, -0.1) is 0 Å². The molecule has 3 fully saturated rings. The molecule has 3 aliphatic rings. The van der Waals surface area contributed by atoms with Crippen molar-refractivity contribution in [3.8, 4) is 5.75 Å². The lowest BCUT2D eigenvalue weighted by Crippen LogP contribution is -2.61. The Labute approximate surface area is 174 Å². The Morgan fingerprint density at radius 1 is 1.10 bits per heavy atom. The molecule has 7 nitrogen and oxygen atoms in total. The van der Waals surface area contributed by atoms with Crippen LogP contribution in [0.25, 0.3) is 11.0 Å². The van der Waals surface area contributed by atoms with Crippen LogP contribution < -0.4 is 20.3 Å². The van der Waals surface area contributed by atoms with Gasteiger partial charge in [-0.2, -0.15) is 13.2 Å². The molecule has 162 valence electrons. The van der Waals surface area contributed by atoms with E-state index in [1.807, 2.05) is 6.07 Å². The van der Waals surface area contributed by atoms with Crippen molar-refractivity contribution in [3.05, 3.63) is 42.2 Å². The largest absolute Gasteiger partial charge is 0.432 e. The first-order chi connectivity index (χ1) is 15.0. The molecule has 2 aromatic heterocycles. The number of ether oxygens (including phenoxy) is 1. The number of pyridine rings is 1. The van der Waals surface area contributed by atoms with E-state index in [9.17, 15) is 17.6 Å². The summed E-state index contributed by atoms with van der Waals surface area (Å²) >= 11 is 0. The van der Waals surface area contributed by atoms with Crippen LogP contribution in [0.5, 0.6) is 5.75 Å². The lowest BCUT2D eigenvalue weighted by atomic mass is 9.93. The molecule has 5 heterocycles. The summed E-state index contributed by atoms with van der Waals surface area (Å²) in [7, 11) is 0. The average molecular weight is 434 g/mol. The van der Waals surface area contributed by atoms with Crippen LogP contribution in [0.4, 0.5) is 34.9 Å². The van der Waals surface area contributed by atoms with E-state index in [1.54, 1.807) is 6.07 Å². The summed E-state index contributed by atoms with van der Waals surface area (Å²) in [5, 5.41) is 6.18. The molecule has 2 bridgehead atoms. The maximum Gasteiger partial charge on any atom is 0.387 e. The van der Waals surface area contributed by atoms with Crippen LogP contribution in [0.3, 0.4) is 0 Å². The third-order valence-corrected chi connectivity index (χ3v) is 5.63. The molecule has 11 heteroatoms. The first-order valence-corrected chi connectivity index (χ1v) is 9.81. The van der Waals surface area contributed by atoms with Gasteiger partial charge >= 0.3 is 6.61 Å². The van der Waals surface area contributed by atoms with Gasteiger partial charge in [-0.1, -0.05) is 0 Å². The third kappa shape index (κ3) is 3.69. The average Bonchev–Trinajstić information content (AvgIpc) is 2.79. The van der Waals surface area contributed by atoms with Crippen LogP contribution in [0, 0.1) is 11.6 Å². The molecular formula is C20H18F4N6O. The van der Waals surface area contributed by atoms with Crippen molar-refractivity contribution >= 4 is 28.4 Å². The van der Waals surface area contributed by atoms with Crippen molar-refractivity contribution < 1.29 is 22.3 Å². The zero-order chi connectivity index (χ0) is 21.5. The van der Waals surface area contributed by atoms with E-state index in [2.05, 4.69) is 30.2 Å². The first-order valence-electron chi connectivity index (χ1n) is 9.81. The molecule has 1 aromatic carbocycles. The minimum Gasteiger partial charge on any atom is -0.432 e. The molecule has 0 amide bonds. The second kappa shape index (κ2) is 7.80. The zero-order valence-electron chi connectivity index (χ0n) is 16.2. The molecule has 0 saturated carbocycles. The summed E-state index contributed by atoms with van der Waals surface area (Å²) in [6.45, 7) is -1.54. The Hall–Kier alpha value is -3.21. The number of nitrogens with one attached hydrogen (secondary N) is 2. The Bertz CT molecular complexity index is 1120. The van der Waals surface area contributed by atoms with E-state index in [1.165, 1.54) is 6.33 Å². The lowest BCUT2D eigenvalue weighted by Gasteiger charge is -2.46. The summed E-state index contributed by atoms with van der Waals surface area (Å²) in [5.74, 6) is -2.82. The Balaban J connectivity index is 1.48. The van der Waals surface area contributed by atoms with Gasteiger partial charge in [-0.25, -0.2) is 19.3 Å². The van der Waals surface area contributed by atoms with Crippen LogP contribution in [-0.2, 0) is 0 Å². The number of rotatable bonds is 5. The quantitative estimate of drug-likeness (QED) is 0.595. The van der Waals surface area contributed by atoms with Crippen LogP contribution in [0.15, 0.2) is 30.6 Å². The van der Waals surface area contributed by atoms with E-state index in [0.717, 1.165) is 43.9 Å². The number of benzene rings is 1. The number of aromatic nitrogens is 3. The molecule has 3 aliphatic heterocycles. The number of hydrogen-bond donors (Lipinski definition) is 2. The predicted octanol–water partition coefficient (Wildman–Crippen LogP) is 3.59. The summed E-state index contributed by atoms with van der Waals surface area (Å²) < 4.78 is 57.2. The fraction of sp³-hybridized carbons (Fsp3) is 0.350. The van der Waals surface area contributed by atoms with E-state index in [0.29, 0.717) is 23.1 Å². The van der Waals surface area contributed by atoms with Crippen molar-refractivity contribution in [1.29, 1.82) is 0 Å². The summed E-state index contributed by atoms with van der Waals surface area (Å²) in [6.07, 6.45) is 3.48. The smallest absolute Gasteiger partial charge is 0.387 e. The van der Waals surface area contributed by atoms with Gasteiger partial charge in [0.1, 0.15) is 17.7 Å². The van der Waals surface area contributed by atoms with Gasteiger partial charge < -0.3 is 20.3 Å². The Morgan fingerprint density at radius 3 is 2.68 bits per heavy atom. The standard InChI is InChI=1S/C20H18F4N6O/c21-16-12(3-5-14(17(16)22)31-20(23)24)28-19-18-13(26-9-27-19)4-6-15(29-18)30-8-10-1-2-11(30)7-25-10/h3-6,9-11,20,25H,1-2,7-8H2,(H,26,27,28)/t10-,11?/m0/s1. The monoisotopic (exact) mass is 434 g/mol. The highest BCUT2D eigenvalue weighted by atomic mass is 19.3. The minimum atomic E-state index is -3.26. The topological polar surface area (TPSA) is 75.2 Å². The summed E-state index contributed by atoms with van der Waals surface area (Å²) in [4.78, 5) is 15.2. The number of halogens is 4. The molecule has 2 N–H and O–H groups in total. The normalized spacial score (nSPS) is 20.5. The van der Waals surface area contributed by atoms with Gasteiger partial charge in [0.15, 0.2) is 17.4 Å². The fourth-order valence-electron chi connectivity index (χ4n) is 4.11. The van der Waals surface area contributed by atoms with Gasteiger partial charge in [-0.3, -0.25) is 0 Å². The maximum atomic E-state index is 14.4. The number of alkyl halides is 2. The Kier molecular flexibility index (Phi) is 4.97. The zero-order valence-corrected chi connectivity index (χ0v) is 16.2. The van der Waals surface area contributed by atoms with Crippen molar-refractivity contribution in [1.82, 2.24) is 20.3 Å². The van der Waals surface area contributed by atoms with E-state index in [4.69, 9.17) is 4.98 Å². The van der Waals surface area contributed by atoms with Crippen LogP contribution in [0.2, 0.25) is 0 Å². The highest BCUT2D eigenvalue weighted by molar-refractivity contribution is 5.88. The van der Waals surface area contributed by atoms with E-state index in [-0.39, 0.29) is 11.5 Å². The van der Waals surface area contributed by atoms with Crippen molar-refractivity contribution in [2.45, 2.75) is 31.5 Å². The van der Waals surface area contributed by atoms with Crippen LogP contribution in [0.1, 0.15) is 12.8 Å².